The molecule has 0 aliphatic carbocycles. The Morgan fingerprint density at radius 2 is 2.00 bits per heavy atom. The van der Waals surface area contributed by atoms with Crippen molar-refractivity contribution in [3.8, 4) is 5.75 Å². The van der Waals surface area contributed by atoms with Crippen molar-refractivity contribution in [2.24, 2.45) is 17.6 Å². The summed E-state index contributed by atoms with van der Waals surface area (Å²) in [5.41, 5.74) is 7.07. The van der Waals surface area contributed by atoms with E-state index in [-0.39, 0.29) is 0 Å². The van der Waals surface area contributed by atoms with E-state index in [1.54, 1.807) is 0 Å². The van der Waals surface area contributed by atoms with E-state index in [0.29, 0.717) is 12.0 Å². The normalized spacial score (nSPS) is 27.9. The van der Waals surface area contributed by atoms with Gasteiger partial charge in [0.25, 0.3) is 0 Å². The summed E-state index contributed by atoms with van der Waals surface area (Å²) in [6.45, 7) is 6.39. The Morgan fingerprint density at radius 3 is 2.75 bits per heavy atom. The maximum Gasteiger partial charge on any atom is 0.124 e. The monoisotopic (exact) mass is 274 g/mol. The smallest absolute Gasteiger partial charge is 0.124 e. The predicted molar refractivity (Wildman–Crippen MR) is 81.8 cm³/mol. The van der Waals surface area contributed by atoms with Crippen molar-refractivity contribution in [3.05, 3.63) is 29.8 Å². The second kappa shape index (κ2) is 6.15. The molecule has 1 aromatic carbocycles. The van der Waals surface area contributed by atoms with Gasteiger partial charge in [0.15, 0.2) is 0 Å². The van der Waals surface area contributed by atoms with Gasteiger partial charge in [-0.15, -0.1) is 0 Å². The first-order valence-corrected chi connectivity index (χ1v) is 7.95. The van der Waals surface area contributed by atoms with Gasteiger partial charge in [-0.2, -0.15) is 0 Å². The Balaban J connectivity index is 1.74. The third kappa shape index (κ3) is 2.70. The standard InChI is InChI=1S/C17H26N2O/c1-13-12-20-16-5-3-2-4-15(16)17(13)19-10-7-14(6-9-18)8-11-19/h2-5,13-14,17H,6-12,18H2,1H3. The van der Waals surface area contributed by atoms with E-state index in [4.69, 9.17) is 10.5 Å². The fourth-order valence-electron chi connectivity index (χ4n) is 3.79. The number of nitrogens with two attached hydrogens (primary N) is 1. The maximum absolute atomic E-state index is 5.87. The largest absolute Gasteiger partial charge is 0.493 e. The van der Waals surface area contributed by atoms with Crippen LogP contribution in [0.1, 0.15) is 37.8 Å². The Labute approximate surface area is 122 Å². The van der Waals surface area contributed by atoms with Gasteiger partial charge < -0.3 is 10.5 Å². The predicted octanol–water partition coefficient (Wildman–Crippen LogP) is 2.82. The second-order valence-electron chi connectivity index (χ2n) is 6.33. The minimum Gasteiger partial charge on any atom is -0.493 e. The van der Waals surface area contributed by atoms with E-state index in [1.165, 1.54) is 37.9 Å². The summed E-state index contributed by atoms with van der Waals surface area (Å²) in [6.07, 6.45) is 3.78. The van der Waals surface area contributed by atoms with Crippen molar-refractivity contribution in [1.29, 1.82) is 0 Å². The zero-order valence-electron chi connectivity index (χ0n) is 12.4. The second-order valence-corrected chi connectivity index (χ2v) is 6.33. The van der Waals surface area contributed by atoms with Gasteiger partial charge in [0.05, 0.1) is 6.61 Å². The highest BCUT2D eigenvalue weighted by atomic mass is 16.5. The lowest BCUT2D eigenvalue weighted by molar-refractivity contribution is 0.0602. The lowest BCUT2D eigenvalue weighted by Gasteiger charge is -2.43. The zero-order valence-corrected chi connectivity index (χ0v) is 12.4. The summed E-state index contributed by atoms with van der Waals surface area (Å²) in [4.78, 5) is 2.67. The molecule has 1 fully saturated rings. The van der Waals surface area contributed by atoms with Gasteiger partial charge in [-0.1, -0.05) is 25.1 Å². The lowest BCUT2D eigenvalue weighted by atomic mass is 9.86. The number of fused-ring (bicyclic) bond motifs is 1. The molecular weight excluding hydrogens is 248 g/mol. The van der Waals surface area contributed by atoms with Crippen LogP contribution in [-0.4, -0.2) is 31.1 Å². The van der Waals surface area contributed by atoms with Gasteiger partial charge in [-0.05, 0) is 50.9 Å². The van der Waals surface area contributed by atoms with Crippen molar-refractivity contribution < 1.29 is 4.74 Å². The number of nitrogens with zero attached hydrogens (tertiary/aromatic N) is 1. The number of hydrogen-bond donors (Lipinski definition) is 1. The molecule has 2 unspecified atom stereocenters. The summed E-state index contributed by atoms with van der Waals surface area (Å²) in [7, 11) is 0. The summed E-state index contributed by atoms with van der Waals surface area (Å²) in [5, 5.41) is 0. The first-order chi connectivity index (χ1) is 9.79. The molecule has 3 rings (SSSR count). The van der Waals surface area contributed by atoms with Crippen molar-refractivity contribution in [2.75, 3.05) is 26.2 Å². The SMILES string of the molecule is CC1COc2ccccc2C1N1CCC(CCN)CC1. The van der Waals surface area contributed by atoms with Crippen LogP contribution in [0.2, 0.25) is 0 Å². The van der Waals surface area contributed by atoms with Gasteiger partial charge >= 0.3 is 0 Å². The van der Waals surface area contributed by atoms with Crippen LogP contribution >= 0.6 is 0 Å². The van der Waals surface area contributed by atoms with Crippen LogP contribution in [0.25, 0.3) is 0 Å². The van der Waals surface area contributed by atoms with Crippen LogP contribution in [0.4, 0.5) is 0 Å². The van der Waals surface area contributed by atoms with Crippen LogP contribution in [0.5, 0.6) is 5.75 Å². The Kier molecular flexibility index (Phi) is 4.27. The first-order valence-electron chi connectivity index (χ1n) is 7.95. The Bertz CT molecular complexity index is 440. The molecule has 3 nitrogen and oxygen atoms in total. The van der Waals surface area contributed by atoms with Crippen molar-refractivity contribution in [3.63, 3.8) is 0 Å². The molecule has 20 heavy (non-hydrogen) atoms. The molecule has 2 aliphatic rings. The highest BCUT2D eigenvalue weighted by Crippen LogP contribution is 2.40. The van der Waals surface area contributed by atoms with Crippen LogP contribution in [0.15, 0.2) is 24.3 Å². The van der Waals surface area contributed by atoms with Crippen LogP contribution in [-0.2, 0) is 0 Å². The highest BCUT2D eigenvalue weighted by molar-refractivity contribution is 5.38. The van der Waals surface area contributed by atoms with Crippen molar-refractivity contribution in [2.45, 2.75) is 32.2 Å². The quantitative estimate of drug-likeness (QED) is 0.921. The third-order valence-corrected chi connectivity index (χ3v) is 4.90. The molecule has 2 heterocycles. The Morgan fingerprint density at radius 1 is 1.25 bits per heavy atom. The van der Waals surface area contributed by atoms with Gasteiger partial charge in [0, 0.05) is 17.5 Å². The fraction of sp³-hybridized carbons (Fsp3) is 0.647. The van der Waals surface area contributed by atoms with Gasteiger partial charge in [-0.25, -0.2) is 0 Å². The molecule has 3 heteroatoms. The summed E-state index contributed by atoms with van der Waals surface area (Å²) in [5.74, 6) is 2.48. The molecule has 0 aromatic heterocycles. The number of ether oxygens (including phenoxy) is 1. The van der Waals surface area contributed by atoms with Crippen LogP contribution in [0.3, 0.4) is 0 Å². The Hall–Kier alpha value is -1.06. The van der Waals surface area contributed by atoms with E-state index in [9.17, 15) is 0 Å². The van der Waals surface area contributed by atoms with Crippen molar-refractivity contribution >= 4 is 0 Å². The van der Waals surface area contributed by atoms with Crippen molar-refractivity contribution in [1.82, 2.24) is 4.90 Å². The number of hydrogen-bond acceptors (Lipinski definition) is 3. The molecule has 0 saturated carbocycles. The molecule has 0 spiro atoms. The van der Waals surface area contributed by atoms with Crippen LogP contribution < -0.4 is 10.5 Å². The summed E-state index contributed by atoms with van der Waals surface area (Å²) < 4.78 is 5.87. The van der Waals surface area contributed by atoms with Gasteiger partial charge in [0.2, 0.25) is 0 Å². The number of likely N-dealkylation sites (tertiary alicyclic amines) is 1. The number of rotatable bonds is 3. The maximum atomic E-state index is 5.87. The minimum absolute atomic E-state index is 0.527. The minimum atomic E-state index is 0.527. The average molecular weight is 274 g/mol. The molecule has 1 saturated heterocycles. The topological polar surface area (TPSA) is 38.5 Å². The van der Waals surface area contributed by atoms with Crippen LogP contribution in [0, 0.1) is 11.8 Å². The van der Waals surface area contributed by atoms with Gasteiger partial charge in [-0.3, -0.25) is 4.90 Å². The fourth-order valence-corrected chi connectivity index (χ4v) is 3.79. The molecular formula is C17H26N2O. The van der Waals surface area contributed by atoms with E-state index in [2.05, 4.69) is 36.1 Å². The number of piperidine rings is 1. The van der Waals surface area contributed by atoms with Gasteiger partial charge in [0.1, 0.15) is 5.75 Å². The lowest BCUT2D eigenvalue weighted by Crippen LogP contribution is -2.42. The van der Waals surface area contributed by atoms with E-state index in [0.717, 1.165) is 24.8 Å². The number of benzene rings is 1. The first kappa shape index (κ1) is 13.9. The molecule has 2 atom stereocenters. The van der Waals surface area contributed by atoms with E-state index in [1.807, 2.05) is 0 Å². The van der Waals surface area contributed by atoms with E-state index >= 15 is 0 Å². The summed E-state index contributed by atoms with van der Waals surface area (Å²) >= 11 is 0. The molecule has 2 N–H and O–H groups in total. The molecule has 0 radical (unpaired) electrons. The molecule has 0 bridgehead atoms. The highest BCUT2D eigenvalue weighted by Gasteiger charge is 2.34. The summed E-state index contributed by atoms with van der Waals surface area (Å²) in [6, 6.07) is 9.07. The molecule has 110 valence electrons. The molecule has 0 amide bonds. The zero-order chi connectivity index (χ0) is 13.9. The molecule has 2 aliphatic heterocycles. The average Bonchev–Trinajstić information content (AvgIpc) is 2.49. The number of para-hydroxylation sites is 1. The third-order valence-electron chi connectivity index (χ3n) is 4.90. The van der Waals surface area contributed by atoms with E-state index < -0.39 is 0 Å². The molecule has 1 aromatic rings.